The van der Waals surface area contributed by atoms with Crippen molar-refractivity contribution in [3.63, 3.8) is 0 Å². The van der Waals surface area contributed by atoms with Gasteiger partial charge in [-0.15, -0.1) is 0 Å². The summed E-state index contributed by atoms with van der Waals surface area (Å²) in [4.78, 5) is 19.3. The molecular weight excluding hydrogens is 386 g/mol. The number of imidazole rings is 1. The third-order valence-electron chi connectivity index (χ3n) is 3.93. The molecule has 164 valence electrons. The highest BCUT2D eigenvalue weighted by Gasteiger charge is 2.04. The van der Waals surface area contributed by atoms with Gasteiger partial charge in [-0.25, -0.2) is 9.97 Å². The molecule has 4 rings (SSSR count). The van der Waals surface area contributed by atoms with Crippen molar-refractivity contribution in [2.24, 2.45) is 0 Å². The van der Waals surface area contributed by atoms with Crippen molar-refractivity contribution in [2.75, 3.05) is 0 Å². The molecule has 0 saturated carbocycles. The molecule has 0 amide bonds. The van der Waals surface area contributed by atoms with Crippen LogP contribution in [0.2, 0.25) is 0 Å². The molecule has 0 aliphatic carbocycles. The van der Waals surface area contributed by atoms with Gasteiger partial charge < -0.3 is 0 Å². The molecule has 0 N–H and O–H groups in total. The summed E-state index contributed by atoms with van der Waals surface area (Å²) in [6.45, 7) is 8.89. The van der Waals surface area contributed by atoms with E-state index < -0.39 is 0 Å². The first-order valence-electron chi connectivity index (χ1n) is 10.7. The fourth-order valence-electron chi connectivity index (χ4n) is 2.50. The van der Waals surface area contributed by atoms with E-state index in [-0.39, 0.29) is 5.91 Å². The lowest BCUT2D eigenvalue weighted by Gasteiger charge is -2.00. The highest BCUT2D eigenvalue weighted by Crippen LogP contribution is 2.02. The Labute approximate surface area is 185 Å². The highest BCUT2D eigenvalue weighted by molar-refractivity contribution is 5.80. The smallest absolute Gasteiger partial charge is 0.236 e. The largest absolute Gasteiger partial charge is 0.276 e. The lowest BCUT2D eigenvalue weighted by Crippen LogP contribution is -2.11. The monoisotopic (exact) mass is 419 g/mol. The van der Waals surface area contributed by atoms with Crippen LogP contribution < -0.4 is 0 Å². The Hall–Kier alpha value is -3.54. The van der Waals surface area contributed by atoms with Crippen molar-refractivity contribution in [1.82, 2.24) is 24.3 Å². The maximum absolute atomic E-state index is 11.6. The molecule has 0 fully saturated rings. The molecule has 0 saturated heterocycles. The Morgan fingerprint density at radius 1 is 0.806 bits per heavy atom. The van der Waals surface area contributed by atoms with Gasteiger partial charge in [-0.05, 0) is 17.5 Å². The van der Waals surface area contributed by atoms with E-state index in [1.54, 1.807) is 25.0 Å². The third-order valence-corrected chi connectivity index (χ3v) is 3.93. The third kappa shape index (κ3) is 10.2. The first kappa shape index (κ1) is 25.5. The molecule has 0 spiro atoms. The van der Waals surface area contributed by atoms with Gasteiger partial charge in [-0.1, -0.05) is 88.4 Å². The van der Waals surface area contributed by atoms with Crippen molar-refractivity contribution in [3.05, 3.63) is 103 Å². The molecule has 0 unspecified atom stereocenters. The molecule has 4 aromatic rings. The molecule has 0 aliphatic rings. The zero-order chi connectivity index (χ0) is 22.7. The van der Waals surface area contributed by atoms with E-state index in [0.29, 0.717) is 6.42 Å². The van der Waals surface area contributed by atoms with Crippen LogP contribution in [0.3, 0.4) is 0 Å². The second-order valence-electron chi connectivity index (χ2n) is 5.92. The van der Waals surface area contributed by atoms with Gasteiger partial charge in [-0.3, -0.25) is 14.0 Å². The number of rotatable bonds is 5. The standard InChI is InChI=1S/C11H10N2O.C10H11N3.2C2H6/c14-11(13-7-6-12-9-13)8-10-4-2-1-3-5-10;1-2-4-10(5-3-1)6-7-13-9-11-8-12-13;2*1-2/h1-7,9H,8H2;1-5,8-9H,6-7H2;2*1-2H3. The van der Waals surface area contributed by atoms with Crippen LogP contribution >= 0.6 is 0 Å². The fourth-order valence-corrected chi connectivity index (χ4v) is 2.50. The Kier molecular flexibility index (Phi) is 13.4. The van der Waals surface area contributed by atoms with Crippen molar-refractivity contribution in [1.29, 1.82) is 0 Å². The van der Waals surface area contributed by atoms with E-state index in [9.17, 15) is 4.79 Å². The summed E-state index contributed by atoms with van der Waals surface area (Å²) >= 11 is 0. The minimum Gasteiger partial charge on any atom is -0.276 e. The van der Waals surface area contributed by atoms with E-state index in [1.165, 1.54) is 16.5 Å². The molecule has 2 aromatic heterocycles. The minimum atomic E-state index is 0.0358. The zero-order valence-corrected chi connectivity index (χ0v) is 18.9. The average Bonchev–Trinajstić information content (AvgIpc) is 3.57. The van der Waals surface area contributed by atoms with Crippen LogP contribution in [0.4, 0.5) is 0 Å². The molecule has 31 heavy (non-hydrogen) atoms. The number of aryl methyl sites for hydroxylation is 2. The van der Waals surface area contributed by atoms with Gasteiger partial charge in [0.05, 0.1) is 6.42 Å². The summed E-state index contributed by atoms with van der Waals surface area (Å²) in [5.74, 6) is 0.0358. The molecule has 6 heteroatoms. The van der Waals surface area contributed by atoms with E-state index in [2.05, 4.69) is 39.3 Å². The minimum absolute atomic E-state index is 0.0358. The predicted octanol–water partition coefficient (Wildman–Crippen LogP) is 5.34. The molecule has 2 heterocycles. The van der Waals surface area contributed by atoms with Crippen LogP contribution in [0.25, 0.3) is 0 Å². The maximum atomic E-state index is 11.6. The average molecular weight is 420 g/mol. The molecule has 0 radical (unpaired) electrons. The number of carbonyl (C=O) groups excluding carboxylic acids is 1. The van der Waals surface area contributed by atoms with Crippen LogP contribution in [0.5, 0.6) is 0 Å². The zero-order valence-electron chi connectivity index (χ0n) is 18.9. The van der Waals surface area contributed by atoms with Gasteiger partial charge in [0.25, 0.3) is 0 Å². The SMILES string of the molecule is CC.CC.O=C(Cc1ccccc1)n1ccnc1.c1ccc(CCn2cncn2)cc1. The summed E-state index contributed by atoms with van der Waals surface area (Å²) in [7, 11) is 0. The Morgan fingerprint density at radius 3 is 1.94 bits per heavy atom. The summed E-state index contributed by atoms with van der Waals surface area (Å²) in [5, 5.41) is 4.04. The molecule has 6 nitrogen and oxygen atoms in total. The molecule has 2 aromatic carbocycles. The van der Waals surface area contributed by atoms with Crippen molar-refractivity contribution >= 4 is 5.91 Å². The second kappa shape index (κ2) is 16.3. The Balaban J connectivity index is 0.000000268. The van der Waals surface area contributed by atoms with Crippen LogP contribution in [0.1, 0.15) is 43.6 Å². The number of hydrogen-bond acceptors (Lipinski definition) is 4. The van der Waals surface area contributed by atoms with E-state index in [1.807, 2.05) is 68.8 Å². The summed E-state index contributed by atoms with van der Waals surface area (Å²) in [5.41, 5.74) is 2.35. The van der Waals surface area contributed by atoms with Gasteiger partial charge in [0.15, 0.2) is 0 Å². The second-order valence-corrected chi connectivity index (χ2v) is 5.92. The topological polar surface area (TPSA) is 65.6 Å². The van der Waals surface area contributed by atoms with Crippen molar-refractivity contribution in [2.45, 2.75) is 47.1 Å². The summed E-state index contributed by atoms with van der Waals surface area (Å²) in [6, 6.07) is 20.0. The summed E-state index contributed by atoms with van der Waals surface area (Å²) < 4.78 is 3.33. The fraction of sp³-hybridized carbons (Fsp3) is 0.280. The first-order chi connectivity index (χ1) is 15.3. The lowest BCUT2D eigenvalue weighted by molar-refractivity contribution is 0.0914. The van der Waals surface area contributed by atoms with Gasteiger partial charge in [0.1, 0.15) is 19.0 Å². The van der Waals surface area contributed by atoms with Crippen LogP contribution in [-0.4, -0.2) is 30.2 Å². The van der Waals surface area contributed by atoms with Gasteiger partial charge >= 0.3 is 0 Å². The lowest BCUT2D eigenvalue weighted by atomic mass is 10.1. The predicted molar refractivity (Wildman–Crippen MR) is 126 cm³/mol. The Morgan fingerprint density at radius 2 is 1.42 bits per heavy atom. The molecule has 0 bridgehead atoms. The molecule has 0 aliphatic heterocycles. The number of hydrogen-bond donors (Lipinski definition) is 0. The summed E-state index contributed by atoms with van der Waals surface area (Å²) in [6.07, 6.45) is 9.49. The van der Waals surface area contributed by atoms with Crippen molar-refractivity contribution in [3.8, 4) is 0 Å². The van der Waals surface area contributed by atoms with Crippen LogP contribution in [0, 0.1) is 0 Å². The number of benzene rings is 2. The molecule has 0 atom stereocenters. The van der Waals surface area contributed by atoms with E-state index in [0.717, 1.165) is 18.5 Å². The number of carbonyl (C=O) groups is 1. The molecular formula is C25H33N5O. The highest BCUT2D eigenvalue weighted by atomic mass is 16.2. The van der Waals surface area contributed by atoms with E-state index in [4.69, 9.17) is 0 Å². The first-order valence-corrected chi connectivity index (χ1v) is 10.7. The maximum Gasteiger partial charge on any atom is 0.236 e. The Bertz CT molecular complexity index is 905. The van der Waals surface area contributed by atoms with Gasteiger partial charge in [0.2, 0.25) is 5.91 Å². The van der Waals surface area contributed by atoms with E-state index >= 15 is 0 Å². The van der Waals surface area contributed by atoms with Crippen LogP contribution in [-0.2, 0) is 19.4 Å². The van der Waals surface area contributed by atoms with Crippen LogP contribution in [0.15, 0.2) is 92.0 Å². The normalized spacial score (nSPS) is 9.16. The van der Waals surface area contributed by atoms with Gasteiger partial charge in [-0.2, -0.15) is 5.10 Å². The number of nitrogens with zero attached hydrogens (tertiary/aromatic N) is 5. The number of aromatic nitrogens is 5. The van der Waals surface area contributed by atoms with Crippen molar-refractivity contribution < 1.29 is 4.79 Å². The van der Waals surface area contributed by atoms with Gasteiger partial charge in [0, 0.05) is 18.9 Å². The quantitative estimate of drug-likeness (QED) is 0.438.